The Hall–Kier alpha value is -0.810. The monoisotopic (exact) mass is 252 g/mol. The third-order valence-corrected chi connectivity index (χ3v) is 4.88. The van der Waals surface area contributed by atoms with Crippen molar-refractivity contribution in [1.29, 1.82) is 0 Å². The van der Waals surface area contributed by atoms with Gasteiger partial charge in [0.25, 0.3) is 0 Å². The smallest absolute Gasteiger partial charge is 0.191 e. The second-order valence-corrected chi connectivity index (χ2v) is 5.83. The van der Waals surface area contributed by atoms with Crippen molar-refractivity contribution in [3.05, 3.63) is 0 Å². The number of hydrogen-bond acceptors (Lipinski definition) is 5. The lowest BCUT2D eigenvalue weighted by atomic mass is 9.82. The zero-order valence-corrected chi connectivity index (χ0v) is 11.3. The predicted octanol–water partition coefficient (Wildman–Crippen LogP) is 0.260. The number of hydrogen-bond donors (Lipinski definition) is 1. The number of methoxy groups -OCH3 is 1. The fourth-order valence-electron chi connectivity index (χ4n) is 3.88. The lowest BCUT2D eigenvalue weighted by Crippen LogP contribution is -2.59. The fourth-order valence-corrected chi connectivity index (χ4v) is 3.88. The van der Waals surface area contributed by atoms with Gasteiger partial charge in [-0.1, -0.05) is 0 Å². The molecule has 1 spiro atoms. The SMILES string of the molecule is COCCN1C(N)=NCC12CCN1CCCC1C2. The maximum Gasteiger partial charge on any atom is 0.191 e. The maximum atomic E-state index is 6.07. The number of fused-ring (bicyclic) bond motifs is 1. The van der Waals surface area contributed by atoms with Crippen LogP contribution >= 0.6 is 0 Å². The largest absolute Gasteiger partial charge is 0.383 e. The van der Waals surface area contributed by atoms with E-state index in [1.54, 1.807) is 7.11 Å². The number of ether oxygens (including phenoxy) is 1. The van der Waals surface area contributed by atoms with E-state index in [1.165, 1.54) is 38.8 Å². The molecule has 2 saturated heterocycles. The summed E-state index contributed by atoms with van der Waals surface area (Å²) in [6.45, 7) is 4.98. The van der Waals surface area contributed by atoms with Gasteiger partial charge in [0.1, 0.15) is 0 Å². The van der Waals surface area contributed by atoms with Gasteiger partial charge in [0, 0.05) is 26.2 Å². The molecule has 0 radical (unpaired) electrons. The van der Waals surface area contributed by atoms with Crippen LogP contribution in [0.25, 0.3) is 0 Å². The van der Waals surface area contributed by atoms with Gasteiger partial charge >= 0.3 is 0 Å². The van der Waals surface area contributed by atoms with Crippen molar-refractivity contribution in [1.82, 2.24) is 9.80 Å². The van der Waals surface area contributed by atoms with Crippen LogP contribution in [0.3, 0.4) is 0 Å². The van der Waals surface area contributed by atoms with E-state index in [1.807, 2.05) is 0 Å². The summed E-state index contributed by atoms with van der Waals surface area (Å²) in [5.41, 5.74) is 6.26. The summed E-state index contributed by atoms with van der Waals surface area (Å²) in [5, 5.41) is 0. The summed E-state index contributed by atoms with van der Waals surface area (Å²) in [4.78, 5) is 9.47. The Bertz CT molecular complexity index is 346. The molecule has 0 amide bonds. The van der Waals surface area contributed by atoms with Crippen LogP contribution in [0.15, 0.2) is 4.99 Å². The Morgan fingerprint density at radius 1 is 1.50 bits per heavy atom. The minimum absolute atomic E-state index is 0.189. The number of nitrogens with two attached hydrogens (primary N) is 1. The third-order valence-electron chi connectivity index (χ3n) is 4.88. The number of rotatable bonds is 3. The number of guanidine groups is 1. The summed E-state index contributed by atoms with van der Waals surface area (Å²) in [5.74, 6) is 0.721. The first-order chi connectivity index (χ1) is 8.75. The van der Waals surface area contributed by atoms with Gasteiger partial charge in [-0.25, -0.2) is 0 Å². The minimum Gasteiger partial charge on any atom is -0.383 e. The highest BCUT2D eigenvalue weighted by molar-refractivity contribution is 5.81. The summed E-state index contributed by atoms with van der Waals surface area (Å²) in [7, 11) is 1.75. The van der Waals surface area contributed by atoms with Gasteiger partial charge in [-0.05, 0) is 32.2 Å². The topological polar surface area (TPSA) is 54.1 Å². The fraction of sp³-hybridized carbons (Fsp3) is 0.923. The highest BCUT2D eigenvalue weighted by atomic mass is 16.5. The second kappa shape index (κ2) is 4.70. The Balaban J connectivity index is 1.73. The first-order valence-electron chi connectivity index (χ1n) is 7.06. The molecule has 2 unspecified atom stereocenters. The standard InChI is InChI=1S/C13H24N4O/c1-18-8-7-17-12(14)15-10-13(17)4-6-16-5-2-3-11(16)9-13/h11H,2-10H2,1H3,(H2,14,15). The first kappa shape index (κ1) is 12.2. The molecule has 2 fully saturated rings. The van der Waals surface area contributed by atoms with Gasteiger partial charge in [0.2, 0.25) is 0 Å². The highest BCUT2D eigenvalue weighted by Gasteiger charge is 2.48. The molecule has 0 saturated carbocycles. The number of aliphatic imine (C=N–C) groups is 1. The van der Waals surface area contributed by atoms with Crippen molar-refractivity contribution in [2.45, 2.75) is 37.3 Å². The van der Waals surface area contributed by atoms with E-state index in [-0.39, 0.29) is 5.54 Å². The van der Waals surface area contributed by atoms with Crippen LogP contribution in [0.5, 0.6) is 0 Å². The summed E-state index contributed by atoms with van der Waals surface area (Å²) in [6, 6.07) is 0.755. The van der Waals surface area contributed by atoms with Crippen LogP contribution in [0.2, 0.25) is 0 Å². The molecule has 3 aliphatic heterocycles. The molecule has 3 rings (SSSR count). The third kappa shape index (κ3) is 1.89. The van der Waals surface area contributed by atoms with Gasteiger partial charge in [-0.3, -0.25) is 4.99 Å². The molecule has 18 heavy (non-hydrogen) atoms. The quantitative estimate of drug-likeness (QED) is 0.783. The maximum absolute atomic E-state index is 6.07. The molecule has 2 N–H and O–H groups in total. The molecule has 0 aromatic carbocycles. The lowest BCUT2D eigenvalue weighted by Gasteiger charge is -2.47. The van der Waals surface area contributed by atoms with E-state index in [9.17, 15) is 0 Å². The molecule has 0 aliphatic carbocycles. The van der Waals surface area contributed by atoms with Crippen LogP contribution < -0.4 is 5.73 Å². The van der Waals surface area contributed by atoms with E-state index in [2.05, 4.69) is 14.8 Å². The van der Waals surface area contributed by atoms with E-state index < -0.39 is 0 Å². The van der Waals surface area contributed by atoms with Crippen molar-refractivity contribution in [3.63, 3.8) is 0 Å². The van der Waals surface area contributed by atoms with Crippen LogP contribution in [-0.2, 0) is 4.74 Å². The Kier molecular flexibility index (Phi) is 3.20. The summed E-state index contributed by atoms with van der Waals surface area (Å²) >= 11 is 0. The molecule has 5 nitrogen and oxygen atoms in total. The van der Waals surface area contributed by atoms with Gasteiger partial charge in [-0.15, -0.1) is 0 Å². The van der Waals surface area contributed by atoms with E-state index >= 15 is 0 Å². The zero-order valence-electron chi connectivity index (χ0n) is 11.3. The van der Waals surface area contributed by atoms with Gasteiger partial charge < -0.3 is 20.3 Å². The molecule has 2 atom stereocenters. The predicted molar refractivity (Wildman–Crippen MR) is 71.6 cm³/mol. The molecule has 3 heterocycles. The Morgan fingerprint density at radius 3 is 3.22 bits per heavy atom. The van der Waals surface area contributed by atoms with Crippen molar-refractivity contribution in [2.24, 2.45) is 10.7 Å². The van der Waals surface area contributed by atoms with E-state index in [0.717, 1.165) is 31.7 Å². The number of nitrogens with zero attached hydrogens (tertiary/aromatic N) is 3. The average Bonchev–Trinajstić information content (AvgIpc) is 2.94. The van der Waals surface area contributed by atoms with Gasteiger partial charge in [0.15, 0.2) is 5.96 Å². The normalized spacial score (nSPS) is 36.2. The van der Waals surface area contributed by atoms with Crippen molar-refractivity contribution < 1.29 is 4.74 Å². The Morgan fingerprint density at radius 2 is 2.39 bits per heavy atom. The first-order valence-corrected chi connectivity index (χ1v) is 7.06. The van der Waals surface area contributed by atoms with Crippen molar-refractivity contribution in [3.8, 4) is 0 Å². The van der Waals surface area contributed by atoms with Crippen LogP contribution in [-0.4, -0.2) is 67.2 Å². The summed E-state index contributed by atoms with van der Waals surface area (Å²) in [6.07, 6.45) is 5.12. The zero-order chi connectivity index (χ0) is 12.6. The minimum atomic E-state index is 0.189. The Labute approximate surface area is 109 Å². The molecule has 0 aromatic heterocycles. The molecular formula is C13H24N4O. The highest BCUT2D eigenvalue weighted by Crippen LogP contribution is 2.39. The van der Waals surface area contributed by atoms with E-state index in [4.69, 9.17) is 10.5 Å². The van der Waals surface area contributed by atoms with Crippen LogP contribution in [0.4, 0.5) is 0 Å². The lowest BCUT2D eigenvalue weighted by molar-refractivity contribution is 0.0492. The molecule has 0 bridgehead atoms. The van der Waals surface area contributed by atoms with Crippen molar-refractivity contribution >= 4 is 5.96 Å². The van der Waals surface area contributed by atoms with Gasteiger partial charge in [0.05, 0.1) is 18.7 Å². The molecule has 5 heteroatoms. The van der Waals surface area contributed by atoms with Crippen LogP contribution in [0.1, 0.15) is 25.7 Å². The average molecular weight is 252 g/mol. The molecular weight excluding hydrogens is 228 g/mol. The van der Waals surface area contributed by atoms with Gasteiger partial charge in [-0.2, -0.15) is 0 Å². The summed E-state index contributed by atoms with van der Waals surface area (Å²) < 4.78 is 5.21. The molecule has 3 aliphatic rings. The van der Waals surface area contributed by atoms with Crippen molar-refractivity contribution in [2.75, 3.05) is 39.9 Å². The molecule has 0 aromatic rings. The second-order valence-electron chi connectivity index (χ2n) is 5.83. The van der Waals surface area contributed by atoms with Crippen LogP contribution in [0, 0.1) is 0 Å². The molecule has 102 valence electrons. The number of piperidine rings is 1. The van der Waals surface area contributed by atoms with E-state index in [0.29, 0.717) is 0 Å².